The fraction of sp³-hybridized carbons (Fsp3) is 0.552. The molecular formula is C29H41N3O7S. The topological polar surface area (TPSA) is 129 Å². The Balaban J connectivity index is 1.57. The molecule has 10 nitrogen and oxygen atoms in total. The monoisotopic (exact) mass is 575 g/mol. The van der Waals surface area contributed by atoms with Gasteiger partial charge in [0.1, 0.15) is 6.10 Å². The summed E-state index contributed by atoms with van der Waals surface area (Å²) in [6.07, 6.45) is -0.791. The molecule has 4 rings (SSSR count). The summed E-state index contributed by atoms with van der Waals surface area (Å²) in [5.41, 5.74) is 7.25. The highest BCUT2D eigenvalue weighted by atomic mass is 32.2. The molecule has 2 aliphatic rings. The molecule has 11 heteroatoms. The number of anilines is 1. The summed E-state index contributed by atoms with van der Waals surface area (Å²) in [5, 5.41) is 2.99. The summed E-state index contributed by atoms with van der Waals surface area (Å²) in [6, 6.07) is 15.3. The second-order valence-corrected chi connectivity index (χ2v) is 12.6. The Hall–Kier alpha value is -2.70. The van der Waals surface area contributed by atoms with E-state index in [1.165, 1.54) is 16.4 Å². The number of carbonyl (C=O) groups excluding carboxylic acids is 1. The van der Waals surface area contributed by atoms with Gasteiger partial charge in [0.15, 0.2) is 6.29 Å². The van der Waals surface area contributed by atoms with Crippen molar-refractivity contribution in [2.45, 2.75) is 63.0 Å². The molecule has 220 valence electrons. The number of benzene rings is 2. The van der Waals surface area contributed by atoms with Crippen LogP contribution in [0, 0.1) is 11.8 Å². The molecule has 5 atom stereocenters. The normalized spacial score (nSPS) is 22.3. The zero-order valence-corrected chi connectivity index (χ0v) is 24.2. The molecule has 2 aliphatic heterocycles. The number of rotatable bonds is 13. The van der Waals surface area contributed by atoms with Crippen LogP contribution in [0.5, 0.6) is 0 Å². The lowest BCUT2D eigenvalue weighted by atomic mass is 10.0. The molecule has 1 amide bonds. The summed E-state index contributed by atoms with van der Waals surface area (Å²) in [4.78, 5) is 13.3. The molecular weight excluding hydrogens is 534 g/mol. The Morgan fingerprint density at radius 1 is 1.10 bits per heavy atom. The number of sulfonamides is 1. The van der Waals surface area contributed by atoms with E-state index >= 15 is 0 Å². The van der Waals surface area contributed by atoms with Crippen LogP contribution in [-0.2, 0) is 35.4 Å². The number of nitrogens with two attached hydrogens (primary N) is 1. The lowest BCUT2D eigenvalue weighted by Crippen LogP contribution is -2.52. The standard InChI is InChI=1S/C29H41N3O7S/c1-4-36-26(18-32(17-20(2)3)40(34,35)23-12-10-22(30)11-13-23)25(16-21-8-6-5-7-9-21)31-29(33)39-27-19-38-28-24(27)14-15-37-28/h5-13,20,24-28H,4,14-19,30H2,1-3H3,(H,31,33)/t24-,25-,26+,27-,28+/m0/s1. The zero-order valence-electron chi connectivity index (χ0n) is 23.4. The fourth-order valence-corrected chi connectivity index (χ4v) is 6.81. The van der Waals surface area contributed by atoms with Gasteiger partial charge in [0, 0.05) is 25.4 Å². The maximum absolute atomic E-state index is 13.7. The van der Waals surface area contributed by atoms with E-state index in [1.807, 2.05) is 51.1 Å². The summed E-state index contributed by atoms with van der Waals surface area (Å²) < 4.78 is 52.0. The summed E-state index contributed by atoms with van der Waals surface area (Å²) in [7, 11) is -3.87. The van der Waals surface area contributed by atoms with Gasteiger partial charge in [-0.05, 0) is 55.5 Å². The Bertz CT molecular complexity index is 1190. The first-order valence-electron chi connectivity index (χ1n) is 13.9. The molecule has 0 saturated carbocycles. The smallest absolute Gasteiger partial charge is 0.407 e. The van der Waals surface area contributed by atoms with E-state index in [-0.39, 0.29) is 42.7 Å². The van der Waals surface area contributed by atoms with Crippen molar-refractivity contribution in [1.82, 2.24) is 9.62 Å². The average molecular weight is 576 g/mol. The van der Waals surface area contributed by atoms with Gasteiger partial charge in [-0.1, -0.05) is 44.2 Å². The molecule has 2 heterocycles. The number of hydrogen-bond acceptors (Lipinski definition) is 8. The van der Waals surface area contributed by atoms with Crippen molar-refractivity contribution in [1.29, 1.82) is 0 Å². The average Bonchev–Trinajstić information content (AvgIpc) is 3.53. The minimum Gasteiger partial charge on any atom is -0.443 e. The number of nitrogen functional groups attached to an aromatic ring is 1. The first kappa shape index (κ1) is 30.3. The molecule has 0 aromatic heterocycles. The number of nitrogens with one attached hydrogen (secondary N) is 1. The van der Waals surface area contributed by atoms with Gasteiger partial charge < -0.3 is 30.0 Å². The highest BCUT2D eigenvalue weighted by molar-refractivity contribution is 7.89. The van der Waals surface area contributed by atoms with Gasteiger partial charge in [0.2, 0.25) is 10.0 Å². The minimum atomic E-state index is -3.87. The number of alkyl carbamates (subject to hydrolysis) is 1. The number of fused-ring (bicyclic) bond motifs is 1. The van der Waals surface area contributed by atoms with Crippen LogP contribution in [0.4, 0.5) is 10.5 Å². The Morgan fingerprint density at radius 2 is 1.82 bits per heavy atom. The Kier molecular flexibility index (Phi) is 10.4. The van der Waals surface area contributed by atoms with Gasteiger partial charge in [0.05, 0.1) is 36.2 Å². The van der Waals surface area contributed by atoms with Crippen molar-refractivity contribution < 1.29 is 32.2 Å². The third kappa shape index (κ3) is 7.73. The van der Waals surface area contributed by atoms with E-state index in [1.54, 1.807) is 12.1 Å². The third-order valence-electron chi connectivity index (χ3n) is 7.15. The molecule has 40 heavy (non-hydrogen) atoms. The SMILES string of the molecule is CCO[C@H](CN(CC(C)C)S(=O)(=O)c1ccc(N)cc1)[C@H](Cc1ccccc1)NC(=O)O[C@H]1CO[C@H]2OCC[C@H]21. The number of hydrogen-bond donors (Lipinski definition) is 2. The van der Waals surface area contributed by atoms with Crippen molar-refractivity contribution in [3.8, 4) is 0 Å². The molecule has 0 aliphatic carbocycles. The second-order valence-electron chi connectivity index (χ2n) is 10.7. The van der Waals surface area contributed by atoms with E-state index in [9.17, 15) is 13.2 Å². The van der Waals surface area contributed by atoms with Crippen LogP contribution >= 0.6 is 0 Å². The minimum absolute atomic E-state index is 0.00703. The first-order chi connectivity index (χ1) is 19.2. The summed E-state index contributed by atoms with van der Waals surface area (Å²) in [5.74, 6) is 0.0628. The quantitative estimate of drug-likeness (QED) is 0.348. The van der Waals surface area contributed by atoms with Crippen LogP contribution in [0.2, 0.25) is 0 Å². The second kappa shape index (κ2) is 13.8. The van der Waals surface area contributed by atoms with E-state index in [0.717, 1.165) is 12.0 Å². The molecule has 0 spiro atoms. The lowest BCUT2D eigenvalue weighted by molar-refractivity contribution is -0.0907. The van der Waals surface area contributed by atoms with E-state index < -0.39 is 34.4 Å². The lowest BCUT2D eigenvalue weighted by Gasteiger charge is -2.33. The molecule has 2 aromatic carbocycles. The van der Waals surface area contributed by atoms with Gasteiger partial charge in [-0.25, -0.2) is 13.2 Å². The van der Waals surface area contributed by atoms with E-state index in [0.29, 0.717) is 25.3 Å². The highest BCUT2D eigenvalue weighted by Crippen LogP contribution is 2.33. The Labute approximate surface area is 237 Å². The largest absolute Gasteiger partial charge is 0.443 e. The van der Waals surface area contributed by atoms with Crippen molar-refractivity contribution >= 4 is 21.8 Å². The van der Waals surface area contributed by atoms with Crippen LogP contribution < -0.4 is 11.1 Å². The molecule has 3 N–H and O–H groups in total. The maximum atomic E-state index is 13.7. The molecule has 0 unspecified atom stereocenters. The third-order valence-corrected chi connectivity index (χ3v) is 8.99. The number of ether oxygens (including phenoxy) is 4. The van der Waals surface area contributed by atoms with Crippen LogP contribution in [0.3, 0.4) is 0 Å². The van der Waals surface area contributed by atoms with Crippen molar-refractivity contribution in [2.75, 3.05) is 38.6 Å². The Morgan fingerprint density at radius 3 is 2.50 bits per heavy atom. The fourth-order valence-electron chi connectivity index (χ4n) is 5.19. The van der Waals surface area contributed by atoms with Crippen LogP contribution in [0.15, 0.2) is 59.5 Å². The van der Waals surface area contributed by atoms with Crippen LogP contribution in [0.1, 0.15) is 32.8 Å². The molecule has 2 aromatic rings. The predicted molar refractivity (Wildman–Crippen MR) is 151 cm³/mol. The summed E-state index contributed by atoms with van der Waals surface area (Å²) in [6.45, 7) is 7.29. The molecule has 2 saturated heterocycles. The van der Waals surface area contributed by atoms with Crippen molar-refractivity contribution in [3.05, 3.63) is 60.2 Å². The zero-order chi connectivity index (χ0) is 28.7. The van der Waals surface area contributed by atoms with E-state index in [2.05, 4.69) is 5.32 Å². The molecule has 0 bridgehead atoms. The first-order valence-corrected chi connectivity index (χ1v) is 15.3. The van der Waals surface area contributed by atoms with Crippen molar-refractivity contribution in [3.63, 3.8) is 0 Å². The summed E-state index contributed by atoms with van der Waals surface area (Å²) >= 11 is 0. The van der Waals surface area contributed by atoms with Gasteiger partial charge in [-0.15, -0.1) is 0 Å². The van der Waals surface area contributed by atoms with Crippen LogP contribution in [-0.4, -0.2) is 76.3 Å². The van der Waals surface area contributed by atoms with Crippen molar-refractivity contribution in [2.24, 2.45) is 11.8 Å². The molecule has 0 radical (unpaired) electrons. The maximum Gasteiger partial charge on any atom is 0.407 e. The van der Waals surface area contributed by atoms with Gasteiger partial charge in [0.25, 0.3) is 0 Å². The van der Waals surface area contributed by atoms with Gasteiger partial charge in [-0.2, -0.15) is 4.31 Å². The number of carbonyl (C=O) groups is 1. The molecule has 2 fully saturated rings. The van der Waals surface area contributed by atoms with Gasteiger partial charge >= 0.3 is 6.09 Å². The number of nitrogens with zero attached hydrogens (tertiary/aromatic N) is 1. The van der Waals surface area contributed by atoms with Crippen LogP contribution in [0.25, 0.3) is 0 Å². The van der Waals surface area contributed by atoms with Gasteiger partial charge in [-0.3, -0.25) is 0 Å². The number of amides is 1. The van der Waals surface area contributed by atoms with E-state index in [4.69, 9.17) is 24.7 Å². The predicted octanol–water partition coefficient (Wildman–Crippen LogP) is 3.42. The highest BCUT2D eigenvalue weighted by Gasteiger charge is 2.44.